The van der Waals surface area contributed by atoms with Crippen molar-refractivity contribution in [1.82, 2.24) is 4.90 Å². The zero-order chi connectivity index (χ0) is 20.7. The predicted molar refractivity (Wildman–Crippen MR) is 97.8 cm³/mol. The molecule has 0 radical (unpaired) electrons. The lowest BCUT2D eigenvalue weighted by molar-refractivity contribution is -0.130. The van der Waals surface area contributed by atoms with Gasteiger partial charge in [0.25, 0.3) is 0 Å². The lowest BCUT2D eigenvalue weighted by atomic mass is 10.1. The fourth-order valence-corrected chi connectivity index (χ4v) is 2.63. The Morgan fingerprint density at radius 3 is 2.29 bits per heavy atom. The molecule has 6 nitrogen and oxygen atoms in total. The first-order chi connectivity index (χ1) is 13.3. The van der Waals surface area contributed by atoms with Gasteiger partial charge < -0.3 is 19.5 Å². The number of carboxylic acids is 1. The number of methoxy groups -OCH3 is 1. The lowest BCUT2D eigenvalue weighted by Gasteiger charge is -2.18. The third-order valence-electron chi connectivity index (χ3n) is 4.12. The quantitative estimate of drug-likeness (QED) is 0.705. The Hall–Kier alpha value is -3.16. The maximum absolute atomic E-state index is 12.5. The number of rotatable bonds is 9. The largest absolute Gasteiger partial charge is 0.493 e. The molecule has 0 saturated carbocycles. The van der Waals surface area contributed by atoms with Crippen molar-refractivity contribution in [3.63, 3.8) is 0 Å². The number of amides is 1. The van der Waals surface area contributed by atoms with Crippen molar-refractivity contribution >= 4 is 11.9 Å². The van der Waals surface area contributed by atoms with Gasteiger partial charge in [-0.3, -0.25) is 4.79 Å². The SMILES string of the molecule is COc1ccc(CN(C)C(=O)CCc2ccc(C(=O)O)cc2)cc1OC(F)F. The molecule has 0 aromatic heterocycles. The van der Waals surface area contributed by atoms with Crippen LogP contribution < -0.4 is 9.47 Å². The minimum atomic E-state index is -2.98. The number of aryl methyl sites for hydroxylation is 1. The molecular weight excluding hydrogens is 372 g/mol. The lowest BCUT2D eigenvalue weighted by Crippen LogP contribution is -2.26. The number of hydrogen-bond donors (Lipinski definition) is 1. The molecule has 1 amide bonds. The summed E-state index contributed by atoms with van der Waals surface area (Å²) in [5.74, 6) is -1.04. The molecule has 1 N–H and O–H groups in total. The summed E-state index contributed by atoms with van der Waals surface area (Å²) in [7, 11) is 2.97. The molecule has 0 spiro atoms. The fourth-order valence-electron chi connectivity index (χ4n) is 2.63. The first-order valence-electron chi connectivity index (χ1n) is 8.48. The van der Waals surface area contributed by atoms with E-state index in [1.165, 1.54) is 36.3 Å². The highest BCUT2D eigenvalue weighted by Crippen LogP contribution is 2.29. The number of carbonyl (C=O) groups excluding carboxylic acids is 1. The van der Waals surface area contributed by atoms with Crippen molar-refractivity contribution in [2.75, 3.05) is 14.2 Å². The van der Waals surface area contributed by atoms with E-state index in [9.17, 15) is 18.4 Å². The topological polar surface area (TPSA) is 76.1 Å². The number of hydrogen-bond acceptors (Lipinski definition) is 4. The van der Waals surface area contributed by atoms with Crippen LogP contribution in [0.4, 0.5) is 8.78 Å². The number of carbonyl (C=O) groups is 2. The molecule has 8 heteroatoms. The van der Waals surface area contributed by atoms with E-state index in [2.05, 4.69) is 4.74 Å². The summed E-state index contributed by atoms with van der Waals surface area (Å²) in [6.45, 7) is -2.75. The zero-order valence-electron chi connectivity index (χ0n) is 15.5. The molecule has 150 valence electrons. The van der Waals surface area contributed by atoms with Crippen molar-refractivity contribution in [3.05, 3.63) is 59.2 Å². The van der Waals surface area contributed by atoms with E-state index in [0.717, 1.165) is 5.56 Å². The van der Waals surface area contributed by atoms with Gasteiger partial charge in [0.05, 0.1) is 12.7 Å². The fraction of sp³-hybridized carbons (Fsp3) is 0.300. The van der Waals surface area contributed by atoms with Crippen molar-refractivity contribution in [3.8, 4) is 11.5 Å². The smallest absolute Gasteiger partial charge is 0.387 e. The summed E-state index contributed by atoms with van der Waals surface area (Å²) in [5.41, 5.74) is 1.66. The van der Waals surface area contributed by atoms with Crippen LogP contribution in [0.5, 0.6) is 11.5 Å². The molecule has 2 aromatic carbocycles. The number of aromatic carboxylic acids is 1. The van der Waals surface area contributed by atoms with E-state index in [0.29, 0.717) is 12.0 Å². The summed E-state index contributed by atoms with van der Waals surface area (Å²) >= 11 is 0. The monoisotopic (exact) mass is 393 g/mol. The van der Waals surface area contributed by atoms with Crippen LogP contribution in [-0.4, -0.2) is 42.7 Å². The van der Waals surface area contributed by atoms with Gasteiger partial charge in [-0.2, -0.15) is 8.78 Å². The summed E-state index contributed by atoms with van der Waals surface area (Å²) in [5, 5.41) is 8.89. The number of halogens is 2. The first-order valence-corrected chi connectivity index (χ1v) is 8.48. The number of nitrogens with zero attached hydrogens (tertiary/aromatic N) is 1. The van der Waals surface area contributed by atoms with Gasteiger partial charge in [0.1, 0.15) is 0 Å². The third-order valence-corrected chi connectivity index (χ3v) is 4.12. The van der Waals surface area contributed by atoms with Gasteiger partial charge in [0.15, 0.2) is 11.5 Å². The van der Waals surface area contributed by atoms with E-state index in [-0.39, 0.29) is 35.9 Å². The number of ether oxygens (including phenoxy) is 2. The van der Waals surface area contributed by atoms with Gasteiger partial charge in [-0.25, -0.2) is 4.79 Å². The molecular formula is C20H21F2NO5. The van der Waals surface area contributed by atoms with Crippen LogP contribution >= 0.6 is 0 Å². The van der Waals surface area contributed by atoms with Crippen molar-refractivity contribution in [1.29, 1.82) is 0 Å². The second kappa shape index (κ2) is 9.68. The minimum Gasteiger partial charge on any atom is -0.493 e. The maximum Gasteiger partial charge on any atom is 0.387 e. The second-order valence-electron chi connectivity index (χ2n) is 6.12. The molecule has 0 saturated heterocycles. The van der Waals surface area contributed by atoms with Crippen molar-refractivity contribution in [2.45, 2.75) is 26.0 Å². The highest BCUT2D eigenvalue weighted by molar-refractivity contribution is 5.87. The van der Waals surface area contributed by atoms with Crippen LogP contribution in [0, 0.1) is 0 Å². The van der Waals surface area contributed by atoms with Crippen LogP contribution in [0.3, 0.4) is 0 Å². The van der Waals surface area contributed by atoms with Gasteiger partial charge in [0.2, 0.25) is 5.91 Å². The van der Waals surface area contributed by atoms with Gasteiger partial charge in [-0.05, 0) is 41.8 Å². The molecule has 0 unspecified atom stereocenters. The van der Waals surface area contributed by atoms with E-state index in [1.807, 2.05) is 0 Å². The minimum absolute atomic E-state index is 0.0885. The number of benzene rings is 2. The molecule has 0 aliphatic rings. The van der Waals surface area contributed by atoms with E-state index in [4.69, 9.17) is 9.84 Å². The molecule has 0 aliphatic carbocycles. The highest BCUT2D eigenvalue weighted by Gasteiger charge is 2.14. The predicted octanol–water partition coefficient (Wildman–Crippen LogP) is 3.59. The summed E-state index contributed by atoms with van der Waals surface area (Å²) in [6, 6.07) is 10.9. The van der Waals surface area contributed by atoms with Crippen LogP contribution in [0.15, 0.2) is 42.5 Å². The summed E-state index contributed by atoms with van der Waals surface area (Å²) < 4.78 is 34.5. The van der Waals surface area contributed by atoms with Gasteiger partial charge >= 0.3 is 12.6 Å². The van der Waals surface area contributed by atoms with E-state index in [1.54, 1.807) is 25.2 Å². The van der Waals surface area contributed by atoms with Crippen LogP contribution in [0.2, 0.25) is 0 Å². The second-order valence-corrected chi connectivity index (χ2v) is 6.12. The molecule has 0 atom stereocenters. The number of carboxylic acid groups (broad SMARTS) is 1. The normalized spacial score (nSPS) is 10.6. The summed E-state index contributed by atoms with van der Waals surface area (Å²) in [4.78, 5) is 24.7. The Balaban J connectivity index is 1.95. The molecule has 28 heavy (non-hydrogen) atoms. The molecule has 0 heterocycles. The third kappa shape index (κ3) is 5.94. The van der Waals surface area contributed by atoms with E-state index >= 15 is 0 Å². The van der Waals surface area contributed by atoms with Crippen LogP contribution in [-0.2, 0) is 17.8 Å². The Morgan fingerprint density at radius 1 is 1.07 bits per heavy atom. The Labute approximate surface area is 161 Å². The molecule has 2 rings (SSSR count). The Kier molecular flexibility index (Phi) is 7.31. The highest BCUT2D eigenvalue weighted by atomic mass is 19.3. The van der Waals surface area contributed by atoms with Crippen molar-refractivity contribution in [2.24, 2.45) is 0 Å². The number of alkyl halides is 2. The standard InChI is InChI=1S/C20H21F2NO5/c1-23(12-14-5-9-16(27-2)17(11-14)28-20(21)22)18(24)10-6-13-3-7-15(8-4-13)19(25)26/h3-5,7-9,11,20H,6,10,12H2,1-2H3,(H,25,26). The first kappa shape index (κ1) is 21.1. The van der Waals surface area contributed by atoms with Crippen LogP contribution in [0.1, 0.15) is 27.9 Å². The van der Waals surface area contributed by atoms with Crippen LogP contribution in [0.25, 0.3) is 0 Å². The van der Waals surface area contributed by atoms with Gasteiger partial charge in [-0.1, -0.05) is 18.2 Å². The molecule has 0 bridgehead atoms. The summed E-state index contributed by atoms with van der Waals surface area (Å²) in [6.07, 6.45) is 0.699. The maximum atomic E-state index is 12.5. The molecule has 0 fully saturated rings. The Morgan fingerprint density at radius 2 is 1.71 bits per heavy atom. The Bertz CT molecular complexity index is 824. The molecule has 0 aliphatic heterocycles. The van der Waals surface area contributed by atoms with Crippen molar-refractivity contribution < 1.29 is 33.0 Å². The van der Waals surface area contributed by atoms with Gasteiger partial charge in [-0.15, -0.1) is 0 Å². The average Bonchev–Trinajstić information content (AvgIpc) is 2.66. The average molecular weight is 393 g/mol. The van der Waals surface area contributed by atoms with E-state index < -0.39 is 12.6 Å². The molecule has 2 aromatic rings. The van der Waals surface area contributed by atoms with Gasteiger partial charge in [0, 0.05) is 20.0 Å². The zero-order valence-corrected chi connectivity index (χ0v) is 15.5.